The number of benzene rings is 18. The zero-order valence-corrected chi connectivity index (χ0v) is 85.9. The second kappa shape index (κ2) is 42.2. The van der Waals surface area contributed by atoms with Crippen molar-refractivity contribution in [1.82, 2.24) is 0 Å². The predicted molar refractivity (Wildman–Crippen MR) is 598 cm³/mol. The van der Waals surface area contributed by atoms with Crippen LogP contribution in [0.25, 0.3) is 89.0 Å². The van der Waals surface area contributed by atoms with Gasteiger partial charge in [-0.1, -0.05) is 342 Å². The molecule has 0 amide bonds. The minimum Gasteiger partial charge on any atom is -0.356 e. The van der Waals surface area contributed by atoms with Crippen LogP contribution >= 0.6 is 34.5 Å². The van der Waals surface area contributed by atoms with E-state index in [0.717, 1.165) is 103 Å². The minimum absolute atomic E-state index is 0.424. The average Bonchev–Trinajstić information content (AvgIpc) is 0.736. The number of hydrogen-bond donors (Lipinski definition) is 1. The summed E-state index contributed by atoms with van der Waals surface area (Å²) in [5, 5.41) is 3.54. The molecule has 8 heteroatoms. The Hall–Kier alpha value is -13.0. The summed E-state index contributed by atoms with van der Waals surface area (Å²) in [6, 6.07) is 164. The van der Waals surface area contributed by atoms with Crippen molar-refractivity contribution in [3.8, 4) is 89.0 Å². The second-order valence-electron chi connectivity index (χ2n) is 40.4. The normalized spacial score (nSPS) is 18.7. The molecule has 8 saturated carbocycles. The van der Waals surface area contributed by atoms with Crippen molar-refractivity contribution in [2.45, 2.75) is 116 Å². The van der Waals surface area contributed by atoms with Crippen molar-refractivity contribution in [2.75, 3.05) is 20.0 Å². The van der Waals surface area contributed by atoms with Gasteiger partial charge in [-0.05, 0) is 397 Å². The summed E-state index contributed by atoms with van der Waals surface area (Å²) in [4.78, 5) is 7.04. The Morgan fingerprint density at radius 3 is 0.664 bits per heavy atom. The molecule has 18 aromatic rings. The summed E-state index contributed by atoms with van der Waals surface area (Å²) in [6.45, 7) is 8.52. The minimum atomic E-state index is -0.940. The third kappa shape index (κ3) is 21.2. The fourth-order valence-corrected chi connectivity index (χ4v) is 24.7. The van der Waals surface area contributed by atoms with Gasteiger partial charge >= 0.3 is 39.3 Å². The largest absolute Gasteiger partial charge is 0.356 e. The summed E-state index contributed by atoms with van der Waals surface area (Å²) in [5.41, 5.74) is 41.2. The standard InChI is InChI=1S/C66H58N2.C34H33N.C32H26BrN.FI2/c1-46-11-29-60(30-12-46)68(61-31-13-47(2)14-32-61)65-10-6-9-58(42-65)57-17-15-52(16-18-57)55-23-35-63(36-24-55)67(62-33-21-54(22-34-62)51-7-4-3-5-8-51)64-37-25-56(26-38-64)53-19-27-59(28-20-53)66-43-48-39-49(44-66)41-50(40-48)45-66;1-2-4-27(5-3-1)29-8-14-32(15-9-29)35-33-16-10-30(11-17-33)28-6-12-31(13-7-28)34-21-24-18-25(22-34)20-26(19-24)23-34;1-23-6-18-30(19-7-23)34(31-20-8-24(2)9-21-31)32-5-3-4-28(22-32)27-12-10-25(11-13-27)26-14-16-29(33)17-15-26;1-3-2/h3-38,42,48-50H,39-41,43-45H2,1-2H3;1-17,24-26,35H,18-23H2;3-22H,1-2H3;/q;;;-1. The van der Waals surface area contributed by atoms with E-state index in [2.05, 4.69) is 513 Å². The molecule has 0 heterocycles. The Kier molecular flexibility index (Phi) is 28.1. The molecule has 140 heavy (non-hydrogen) atoms. The van der Waals surface area contributed by atoms with Crippen LogP contribution in [-0.4, -0.2) is 0 Å². The van der Waals surface area contributed by atoms with Crippen LogP contribution in [0.15, 0.2) is 453 Å². The second-order valence-corrected chi connectivity index (χ2v) is 43.7. The Labute approximate surface area is 856 Å². The van der Waals surface area contributed by atoms with Gasteiger partial charge in [-0.25, -0.2) is 0 Å². The molecule has 8 bridgehead atoms. The maximum absolute atomic E-state index is 10.4. The molecule has 8 aliphatic rings. The number of nitrogens with zero attached hydrogens (tertiary/aromatic N) is 3. The zero-order chi connectivity index (χ0) is 95.1. The summed E-state index contributed by atoms with van der Waals surface area (Å²) in [5.74, 6) is 5.85. The van der Waals surface area contributed by atoms with Crippen LogP contribution in [0.4, 0.5) is 65.4 Å². The summed E-state index contributed by atoms with van der Waals surface area (Å²) < 4.78 is 11.5. The molecular formula is C132H117BrFI2N4-. The average molecular weight is 2110 g/mol. The third-order valence-electron chi connectivity index (χ3n) is 30.7. The van der Waals surface area contributed by atoms with E-state index in [1.807, 2.05) is 0 Å². The molecule has 4 nitrogen and oxygen atoms in total. The van der Waals surface area contributed by atoms with Gasteiger partial charge in [0.05, 0.1) is 0 Å². The molecule has 8 fully saturated rings. The number of nitrogens with one attached hydrogen (secondary N) is 1. The van der Waals surface area contributed by atoms with Gasteiger partial charge in [0, 0.05) is 67.0 Å². The van der Waals surface area contributed by atoms with Crippen LogP contribution in [0.5, 0.6) is 0 Å². The summed E-state index contributed by atoms with van der Waals surface area (Å²) >= 11 is 4.31. The molecule has 0 aliphatic heterocycles. The van der Waals surface area contributed by atoms with Crippen LogP contribution in [0.2, 0.25) is 0 Å². The molecule has 0 atom stereocenters. The van der Waals surface area contributed by atoms with E-state index < -0.39 is 17.8 Å². The Morgan fingerprint density at radius 2 is 0.414 bits per heavy atom. The first kappa shape index (κ1) is 93.3. The van der Waals surface area contributed by atoms with Crippen LogP contribution in [0, 0.1) is 63.2 Å². The quantitative estimate of drug-likeness (QED) is 0.0724. The van der Waals surface area contributed by atoms with Crippen LogP contribution in [0.1, 0.15) is 110 Å². The number of rotatable bonds is 21. The fourth-order valence-electron chi connectivity index (χ4n) is 24.4. The number of halogens is 4. The number of anilines is 11. The van der Waals surface area contributed by atoms with Crippen LogP contribution in [0.3, 0.4) is 0 Å². The van der Waals surface area contributed by atoms with Crippen molar-refractivity contribution in [3.05, 3.63) is 487 Å². The first-order chi connectivity index (χ1) is 68.6. The zero-order valence-electron chi connectivity index (χ0n) is 80.0. The first-order valence-corrected chi connectivity index (χ1v) is 57.8. The molecular weight excluding hydrogens is 1990 g/mol. The Balaban J connectivity index is 0.000000135. The maximum Gasteiger partial charge on any atom is 0.0384 e. The van der Waals surface area contributed by atoms with Gasteiger partial charge in [0.2, 0.25) is 0 Å². The molecule has 18 aromatic carbocycles. The van der Waals surface area contributed by atoms with E-state index in [9.17, 15) is 2.86 Å². The first-order valence-electron chi connectivity index (χ1n) is 49.9. The third-order valence-corrected chi connectivity index (χ3v) is 31.2. The van der Waals surface area contributed by atoms with Crippen molar-refractivity contribution in [1.29, 1.82) is 0 Å². The number of hydrogen-bond acceptors (Lipinski definition) is 4. The van der Waals surface area contributed by atoms with E-state index in [1.54, 1.807) is 29.7 Å². The van der Waals surface area contributed by atoms with Gasteiger partial charge in [-0.15, -0.1) is 0 Å². The monoisotopic (exact) mass is 2110 g/mol. The van der Waals surface area contributed by atoms with Crippen molar-refractivity contribution < 1.29 is 20.7 Å². The smallest absolute Gasteiger partial charge is 0.0384 e. The van der Waals surface area contributed by atoms with Gasteiger partial charge in [-0.2, -0.15) is 0 Å². The van der Waals surface area contributed by atoms with Gasteiger partial charge in [0.25, 0.3) is 0 Å². The van der Waals surface area contributed by atoms with Crippen LogP contribution < -0.4 is 37.8 Å². The molecule has 0 unspecified atom stereocenters. The fraction of sp³-hybridized carbons (Fsp3) is 0.182. The Morgan fingerprint density at radius 1 is 0.229 bits per heavy atom. The van der Waals surface area contributed by atoms with E-state index in [1.165, 1.54) is 188 Å². The topological polar surface area (TPSA) is 21.8 Å². The summed E-state index contributed by atoms with van der Waals surface area (Å²) in [6.07, 6.45) is 17.5. The van der Waals surface area contributed by atoms with Gasteiger partial charge in [0.15, 0.2) is 0 Å². The van der Waals surface area contributed by atoms with Crippen LogP contribution in [-0.2, 0) is 10.8 Å². The molecule has 8 aliphatic carbocycles. The molecule has 26 rings (SSSR count). The van der Waals surface area contributed by atoms with Crippen molar-refractivity contribution in [3.63, 3.8) is 0 Å². The molecule has 0 aromatic heterocycles. The molecule has 0 radical (unpaired) electrons. The van der Waals surface area contributed by atoms with Gasteiger partial charge in [0.1, 0.15) is 0 Å². The predicted octanol–water partition coefficient (Wildman–Crippen LogP) is 35.8. The van der Waals surface area contributed by atoms with Gasteiger partial charge in [-0.3, -0.25) is 0 Å². The summed E-state index contributed by atoms with van der Waals surface area (Å²) in [7, 11) is 0. The van der Waals surface area contributed by atoms with E-state index in [4.69, 9.17) is 0 Å². The van der Waals surface area contributed by atoms with E-state index in [0.29, 0.717) is 10.8 Å². The van der Waals surface area contributed by atoms with Crippen molar-refractivity contribution in [2.24, 2.45) is 35.5 Å². The van der Waals surface area contributed by atoms with Crippen molar-refractivity contribution >= 4 is 97.1 Å². The number of aryl methyl sites for hydroxylation is 4. The molecule has 0 spiro atoms. The molecule has 1 N–H and O–H groups in total. The van der Waals surface area contributed by atoms with E-state index >= 15 is 0 Å². The van der Waals surface area contributed by atoms with E-state index in [-0.39, 0.29) is 0 Å². The maximum atomic E-state index is 10.4. The Bertz CT molecular complexity index is 7030. The molecule has 0 saturated heterocycles. The molecule has 694 valence electrons. The van der Waals surface area contributed by atoms with Gasteiger partial charge < -0.3 is 20.0 Å². The SMILES string of the molecule is Cc1ccc(N(c2ccc(C)cc2)c2cccc(-c3ccc(-c4ccc(Br)cc4)cc3)c2)cc1.Cc1ccc(N(c2ccc(C)cc2)c2cccc(-c3ccc(-c4ccc(N(c5ccc(-c6ccccc6)cc5)c5ccc(-c6ccc(C78CC9CC(CC(C9)C7)C8)cc6)cc5)cc4)cc3)c2)cc1.F[I-]I.c1ccc(-c2ccc(Nc3ccc(-c4ccc(C56CC7CC(CC(C7)C5)C6)cc4)cc3)cc2)cc1.